The number of nitro groups is 1. The largest absolute Gasteiger partial charge is 0.534 e. The number of nitrogens with zero attached hydrogens (tertiary/aromatic N) is 1. The van der Waals surface area contributed by atoms with Crippen molar-refractivity contribution >= 4 is 15.8 Å². The first kappa shape index (κ1) is 25.6. The number of hydrogen-bond donors (Lipinski definition) is 0. The van der Waals surface area contributed by atoms with Crippen LogP contribution in [-0.4, -0.2) is 33.1 Å². The molecular weight excluding hydrogens is 495 g/mol. The van der Waals surface area contributed by atoms with Crippen LogP contribution in [0.2, 0.25) is 0 Å². The second kappa shape index (κ2) is 10.1. The highest BCUT2D eigenvalue weighted by molar-refractivity contribution is 7.88. The van der Waals surface area contributed by atoms with Crippen LogP contribution in [0, 0.1) is 10.1 Å². The molecule has 3 rings (SSSR count). The van der Waals surface area contributed by atoms with Gasteiger partial charge in [-0.1, -0.05) is 36.4 Å². The Morgan fingerprint density at radius 1 is 0.886 bits per heavy atom. The van der Waals surface area contributed by atoms with Crippen LogP contribution >= 0.6 is 0 Å². The topological polar surface area (TPSA) is 114 Å². The molecule has 0 fully saturated rings. The number of benzene rings is 3. The van der Waals surface area contributed by atoms with Crippen molar-refractivity contribution < 1.29 is 44.9 Å². The highest BCUT2D eigenvalue weighted by atomic mass is 32.2. The summed E-state index contributed by atoms with van der Waals surface area (Å²) in [4.78, 5) is 11.0. The van der Waals surface area contributed by atoms with E-state index < -0.39 is 26.3 Å². The molecule has 0 amide bonds. The summed E-state index contributed by atoms with van der Waals surface area (Å²) in [7, 11) is -3.72. The van der Waals surface area contributed by atoms with Gasteiger partial charge < -0.3 is 18.4 Å². The van der Waals surface area contributed by atoms with Gasteiger partial charge in [-0.2, -0.15) is 21.6 Å². The van der Waals surface area contributed by atoms with Gasteiger partial charge in [0.25, 0.3) is 0 Å². The van der Waals surface area contributed by atoms with Gasteiger partial charge in [0.2, 0.25) is 0 Å². The van der Waals surface area contributed by atoms with E-state index >= 15 is 0 Å². The molecule has 0 N–H and O–H groups in total. The van der Waals surface area contributed by atoms with Crippen molar-refractivity contribution in [3.63, 3.8) is 0 Å². The first-order valence-electron chi connectivity index (χ1n) is 9.69. The summed E-state index contributed by atoms with van der Waals surface area (Å²) in [6.45, 7) is 0.0812. The Bertz CT molecular complexity index is 1330. The molecule has 0 saturated heterocycles. The zero-order valence-electron chi connectivity index (χ0n) is 18.2. The molecule has 0 unspecified atom stereocenters. The van der Waals surface area contributed by atoms with E-state index in [0.29, 0.717) is 0 Å². The lowest BCUT2D eigenvalue weighted by Crippen LogP contribution is -2.28. The SMILES string of the molecule is COc1cc(-c2ccc(OCc3ccccc3)c([N+](=O)[O-])c2)c(OC)cc1OS(=O)(=O)C(F)(F)F. The van der Waals surface area contributed by atoms with Gasteiger partial charge in [-0.3, -0.25) is 10.1 Å². The van der Waals surface area contributed by atoms with Crippen LogP contribution in [0.5, 0.6) is 23.0 Å². The first-order chi connectivity index (χ1) is 16.5. The molecule has 0 aliphatic heterocycles. The number of alkyl halides is 3. The van der Waals surface area contributed by atoms with E-state index in [4.69, 9.17) is 14.2 Å². The third-order valence-corrected chi connectivity index (χ3v) is 5.64. The van der Waals surface area contributed by atoms with E-state index in [1.54, 1.807) is 24.3 Å². The Morgan fingerprint density at radius 3 is 2.11 bits per heavy atom. The Hall–Kier alpha value is -4.00. The highest BCUT2D eigenvalue weighted by Crippen LogP contribution is 2.43. The van der Waals surface area contributed by atoms with Crippen molar-refractivity contribution in [3.8, 4) is 34.1 Å². The summed E-state index contributed by atoms with van der Waals surface area (Å²) in [5.74, 6) is -1.28. The molecule has 0 aliphatic rings. The van der Waals surface area contributed by atoms with Gasteiger partial charge in [0.05, 0.1) is 19.1 Å². The smallest absolute Gasteiger partial charge is 0.496 e. The van der Waals surface area contributed by atoms with Gasteiger partial charge in [0, 0.05) is 17.7 Å². The lowest BCUT2D eigenvalue weighted by molar-refractivity contribution is -0.385. The van der Waals surface area contributed by atoms with E-state index in [2.05, 4.69) is 4.18 Å². The lowest BCUT2D eigenvalue weighted by atomic mass is 10.0. The molecular formula is C22H18F3NO8S. The fourth-order valence-electron chi connectivity index (χ4n) is 3.01. The summed E-state index contributed by atoms with van der Waals surface area (Å²) in [6, 6.07) is 15.0. The van der Waals surface area contributed by atoms with Crippen molar-refractivity contribution in [2.75, 3.05) is 14.2 Å². The second-order valence-electron chi connectivity index (χ2n) is 6.90. The molecule has 3 aromatic carbocycles. The van der Waals surface area contributed by atoms with Crippen molar-refractivity contribution in [2.24, 2.45) is 0 Å². The van der Waals surface area contributed by atoms with E-state index in [-0.39, 0.29) is 40.7 Å². The Balaban J connectivity index is 2.02. The van der Waals surface area contributed by atoms with Crippen LogP contribution in [-0.2, 0) is 16.7 Å². The Labute approximate surface area is 197 Å². The average molecular weight is 513 g/mol. The molecule has 0 spiro atoms. The van der Waals surface area contributed by atoms with Crippen LogP contribution < -0.4 is 18.4 Å². The molecule has 0 atom stereocenters. The van der Waals surface area contributed by atoms with E-state index in [9.17, 15) is 31.7 Å². The Morgan fingerprint density at radius 2 is 1.54 bits per heavy atom. The summed E-state index contributed by atoms with van der Waals surface area (Å²) in [6.07, 6.45) is 0. The van der Waals surface area contributed by atoms with Crippen LogP contribution in [0.1, 0.15) is 5.56 Å². The molecule has 0 aromatic heterocycles. The van der Waals surface area contributed by atoms with E-state index in [1.807, 2.05) is 6.07 Å². The van der Waals surface area contributed by atoms with Crippen molar-refractivity contribution in [2.45, 2.75) is 12.1 Å². The molecule has 0 radical (unpaired) electrons. The predicted octanol–water partition coefficient (Wildman–Crippen LogP) is 5.09. The van der Waals surface area contributed by atoms with Gasteiger partial charge in [-0.25, -0.2) is 0 Å². The zero-order valence-corrected chi connectivity index (χ0v) is 19.1. The van der Waals surface area contributed by atoms with Gasteiger partial charge in [0.1, 0.15) is 12.4 Å². The molecule has 9 nitrogen and oxygen atoms in total. The number of ether oxygens (including phenoxy) is 3. The fraction of sp³-hybridized carbons (Fsp3) is 0.182. The number of nitro benzene ring substituents is 1. The van der Waals surface area contributed by atoms with Gasteiger partial charge >= 0.3 is 21.3 Å². The third-order valence-electron chi connectivity index (χ3n) is 4.67. The Kier molecular flexibility index (Phi) is 7.39. The third kappa shape index (κ3) is 5.74. The molecule has 0 bridgehead atoms. The molecule has 13 heteroatoms. The van der Waals surface area contributed by atoms with Crippen LogP contribution in [0.15, 0.2) is 60.7 Å². The number of hydrogen-bond acceptors (Lipinski definition) is 8. The minimum atomic E-state index is -5.98. The minimum absolute atomic E-state index is 0.00948. The van der Waals surface area contributed by atoms with Gasteiger partial charge in [0.15, 0.2) is 17.2 Å². The normalized spacial score (nSPS) is 11.6. The van der Waals surface area contributed by atoms with E-state index in [1.165, 1.54) is 25.3 Å². The van der Waals surface area contributed by atoms with Crippen LogP contribution in [0.4, 0.5) is 18.9 Å². The maximum atomic E-state index is 12.7. The summed E-state index contributed by atoms with van der Waals surface area (Å²) >= 11 is 0. The zero-order chi connectivity index (χ0) is 25.8. The highest BCUT2D eigenvalue weighted by Gasteiger charge is 2.49. The molecule has 0 saturated carbocycles. The summed E-state index contributed by atoms with van der Waals surface area (Å²) in [5, 5.41) is 11.7. The maximum Gasteiger partial charge on any atom is 0.534 e. The summed E-state index contributed by atoms with van der Waals surface area (Å²) < 4.78 is 81.0. The first-order valence-corrected chi connectivity index (χ1v) is 11.1. The van der Waals surface area contributed by atoms with Crippen LogP contribution in [0.3, 0.4) is 0 Å². The van der Waals surface area contributed by atoms with Gasteiger partial charge in [-0.15, -0.1) is 0 Å². The van der Waals surface area contributed by atoms with E-state index in [0.717, 1.165) is 24.8 Å². The number of rotatable bonds is 9. The van der Waals surface area contributed by atoms with Crippen molar-refractivity contribution in [1.29, 1.82) is 0 Å². The van der Waals surface area contributed by atoms with Crippen LogP contribution in [0.25, 0.3) is 11.1 Å². The van der Waals surface area contributed by atoms with Gasteiger partial charge in [-0.05, 0) is 23.3 Å². The predicted molar refractivity (Wildman–Crippen MR) is 118 cm³/mol. The van der Waals surface area contributed by atoms with Crippen molar-refractivity contribution in [1.82, 2.24) is 0 Å². The monoisotopic (exact) mass is 513 g/mol. The fourth-order valence-corrected chi connectivity index (χ4v) is 3.47. The maximum absolute atomic E-state index is 12.7. The lowest BCUT2D eigenvalue weighted by Gasteiger charge is -2.16. The quantitative estimate of drug-likeness (QED) is 0.168. The molecule has 3 aromatic rings. The molecule has 35 heavy (non-hydrogen) atoms. The number of methoxy groups -OCH3 is 2. The standard InChI is InChI=1S/C22H18F3NO8S/c1-31-19-12-21(34-35(29,30)22(23,24)25)20(32-2)11-16(19)15-8-9-18(17(10-15)26(27)28)33-13-14-6-4-3-5-7-14/h3-12H,13H2,1-2H3. The van der Waals surface area contributed by atoms with Crippen molar-refractivity contribution in [3.05, 3.63) is 76.3 Å². The molecule has 186 valence electrons. The summed E-state index contributed by atoms with van der Waals surface area (Å²) in [5.41, 5.74) is -4.86. The second-order valence-corrected chi connectivity index (χ2v) is 8.44. The average Bonchev–Trinajstić information content (AvgIpc) is 2.82. The minimum Gasteiger partial charge on any atom is -0.496 e. The molecule has 0 aliphatic carbocycles. The molecule has 0 heterocycles. The number of halogens is 3.